The molecule has 0 bridgehead atoms. The molecule has 14 heavy (non-hydrogen) atoms. The van der Waals surface area contributed by atoms with Crippen LogP contribution in [0.15, 0.2) is 10.5 Å². The van der Waals surface area contributed by atoms with E-state index in [-0.39, 0.29) is 12.0 Å². The zero-order valence-electron chi connectivity index (χ0n) is 7.50. The summed E-state index contributed by atoms with van der Waals surface area (Å²) in [4.78, 5) is 0. The van der Waals surface area contributed by atoms with Crippen LogP contribution in [-0.2, 0) is 6.42 Å². The van der Waals surface area contributed by atoms with Crippen LogP contribution in [0.1, 0.15) is 5.56 Å². The van der Waals surface area contributed by atoms with Crippen LogP contribution in [0.5, 0.6) is 0 Å². The van der Waals surface area contributed by atoms with Gasteiger partial charge in [-0.25, -0.2) is 13.2 Å². The van der Waals surface area contributed by atoms with E-state index in [2.05, 4.69) is 21.2 Å². The second-order valence-corrected chi connectivity index (χ2v) is 3.61. The number of hydrogen-bond donors (Lipinski definition) is 1. The lowest BCUT2D eigenvalue weighted by molar-refractivity contribution is 0.477. The zero-order valence-corrected chi connectivity index (χ0v) is 9.09. The fourth-order valence-corrected chi connectivity index (χ4v) is 1.35. The molecule has 0 amide bonds. The molecule has 0 aliphatic heterocycles. The van der Waals surface area contributed by atoms with Gasteiger partial charge >= 0.3 is 0 Å². The number of nitrogens with one attached hydrogen (secondary N) is 1. The fraction of sp³-hybridized carbons (Fsp3) is 0.333. The van der Waals surface area contributed by atoms with Gasteiger partial charge in [0, 0.05) is 0 Å². The third-order valence-corrected chi connectivity index (χ3v) is 2.55. The highest BCUT2D eigenvalue weighted by atomic mass is 79.9. The lowest BCUT2D eigenvalue weighted by atomic mass is 10.1. The second-order valence-electron chi connectivity index (χ2n) is 2.81. The Morgan fingerprint density at radius 3 is 2.50 bits per heavy atom. The maximum atomic E-state index is 13.2. The third-order valence-electron chi connectivity index (χ3n) is 1.82. The minimum atomic E-state index is -1.17. The predicted molar refractivity (Wildman–Crippen MR) is 51.6 cm³/mol. The van der Waals surface area contributed by atoms with Crippen LogP contribution in [0, 0.1) is 17.5 Å². The van der Waals surface area contributed by atoms with Gasteiger partial charge < -0.3 is 5.32 Å². The Bertz CT molecular complexity index is 341. The van der Waals surface area contributed by atoms with E-state index in [0.717, 1.165) is 6.07 Å². The highest BCUT2D eigenvalue weighted by Crippen LogP contribution is 2.24. The van der Waals surface area contributed by atoms with Crippen molar-refractivity contribution < 1.29 is 13.2 Å². The van der Waals surface area contributed by atoms with Crippen LogP contribution in [0.25, 0.3) is 0 Å². The first-order chi connectivity index (χ1) is 6.57. The Labute approximate surface area is 88.4 Å². The highest BCUT2D eigenvalue weighted by molar-refractivity contribution is 9.10. The number of hydrogen-bond acceptors (Lipinski definition) is 1. The van der Waals surface area contributed by atoms with E-state index < -0.39 is 21.9 Å². The van der Waals surface area contributed by atoms with Crippen molar-refractivity contribution in [2.24, 2.45) is 0 Å². The molecule has 1 rings (SSSR count). The number of halogens is 4. The zero-order chi connectivity index (χ0) is 10.7. The van der Waals surface area contributed by atoms with Crippen molar-refractivity contribution in [1.82, 2.24) is 5.32 Å². The average molecular weight is 268 g/mol. The first kappa shape index (κ1) is 11.5. The molecule has 0 atom stereocenters. The summed E-state index contributed by atoms with van der Waals surface area (Å²) in [5.41, 5.74) is 0.0394. The first-order valence-electron chi connectivity index (χ1n) is 4.04. The van der Waals surface area contributed by atoms with Gasteiger partial charge in [0.15, 0.2) is 11.6 Å². The summed E-state index contributed by atoms with van der Waals surface area (Å²) in [6.45, 7) is 0.470. The molecule has 0 fully saturated rings. The van der Waals surface area contributed by atoms with Gasteiger partial charge in [0.1, 0.15) is 5.82 Å². The molecule has 0 aliphatic rings. The molecule has 0 saturated heterocycles. The Hall–Kier alpha value is -0.550. The molecular weight excluding hydrogens is 259 g/mol. The summed E-state index contributed by atoms with van der Waals surface area (Å²) in [7, 11) is 1.68. The summed E-state index contributed by atoms with van der Waals surface area (Å²) in [6, 6.07) is 1.000. The quantitative estimate of drug-likeness (QED) is 0.656. The summed E-state index contributed by atoms with van der Waals surface area (Å²) >= 11 is 2.63. The van der Waals surface area contributed by atoms with E-state index in [9.17, 15) is 13.2 Å². The molecule has 0 saturated carbocycles. The summed E-state index contributed by atoms with van der Waals surface area (Å²) in [6.07, 6.45) is 0.253. The highest BCUT2D eigenvalue weighted by Gasteiger charge is 2.16. The normalized spacial score (nSPS) is 10.6. The molecule has 1 aromatic rings. The molecule has 1 N–H and O–H groups in total. The average Bonchev–Trinajstić information content (AvgIpc) is 2.18. The van der Waals surface area contributed by atoms with Crippen LogP contribution in [0.2, 0.25) is 0 Å². The van der Waals surface area contributed by atoms with Crippen LogP contribution in [0.3, 0.4) is 0 Å². The molecule has 0 unspecified atom stereocenters. The van der Waals surface area contributed by atoms with Gasteiger partial charge in [-0.3, -0.25) is 0 Å². The van der Waals surface area contributed by atoms with Gasteiger partial charge in [-0.1, -0.05) is 0 Å². The van der Waals surface area contributed by atoms with Crippen molar-refractivity contribution in [3.63, 3.8) is 0 Å². The molecule has 1 aromatic carbocycles. The maximum Gasteiger partial charge on any atom is 0.176 e. The lowest BCUT2D eigenvalue weighted by Gasteiger charge is -2.05. The van der Waals surface area contributed by atoms with Crippen LogP contribution in [0.4, 0.5) is 13.2 Å². The SMILES string of the molecule is CNCCc1cc(F)c(Br)c(F)c1F. The van der Waals surface area contributed by atoms with E-state index in [4.69, 9.17) is 0 Å². The summed E-state index contributed by atoms with van der Waals surface area (Å²) in [5.74, 6) is -2.94. The van der Waals surface area contributed by atoms with Gasteiger partial charge in [0.05, 0.1) is 4.47 Å². The monoisotopic (exact) mass is 267 g/mol. The van der Waals surface area contributed by atoms with Crippen LogP contribution < -0.4 is 5.32 Å². The van der Waals surface area contributed by atoms with Gasteiger partial charge in [0.25, 0.3) is 0 Å². The molecule has 1 nitrogen and oxygen atoms in total. The largest absolute Gasteiger partial charge is 0.319 e. The van der Waals surface area contributed by atoms with Crippen molar-refractivity contribution >= 4 is 15.9 Å². The lowest BCUT2D eigenvalue weighted by Crippen LogP contribution is -2.12. The minimum absolute atomic E-state index is 0.0394. The molecule has 0 radical (unpaired) electrons. The molecular formula is C9H9BrF3N. The van der Waals surface area contributed by atoms with E-state index >= 15 is 0 Å². The summed E-state index contributed by atoms with van der Waals surface area (Å²) in [5, 5.41) is 2.77. The smallest absolute Gasteiger partial charge is 0.176 e. The van der Waals surface area contributed by atoms with Crippen LogP contribution >= 0.6 is 15.9 Å². The molecule has 0 aromatic heterocycles. The number of rotatable bonds is 3. The van der Waals surface area contributed by atoms with Crippen molar-refractivity contribution in [2.45, 2.75) is 6.42 Å². The topological polar surface area (TPSA) is 12.0 Å². The standard InChI is InChI=1S/C9H9BrF3N/c1-14-3-2-5-4-6(11)7(10)9(13)8(5)12/h4,14H,2-3H2,1H3. The van der Waals surface area contributed by atoms with Gasteiger partial charge in [-0.2, -0.15) is 0 Å². The molecule has 0 spiro atoms. The van der Waals surface area contributed by atoms with Crippen molar-refractivity contribution in [3.8, 4) is 0 Å². The Balaban J connectivity index is 3.06. The second kappa shape index (κ2) is 4.79. The van der Waals surface area contributed by atoms with Gasteiger partial charge in [-0.05, 0) is 47.6 Å². The van der Waals surface area contributed by atoms with Gasteiger partial charge in [0.2, 0.25) is 0 Å². The third kappa shape index (κ3) is 2.27. The van der Waals surface area contributed by atoms with E-state index in [0.29, 0.717) is 6.54 Å². The van der Waals surface area contributed by atoms with Crippen molar-refractivity contribution in [1.29, 1.82) is 0 Å². The Morgan fingerprint density at radius 2 is 1.93 bits per heavy atom. The first-order valence-corrected chi connectivity index (χ1v) is 4.83. The number of likely N-dealkylation sites (N-methyl/N-ethyl adjacent to an activating group) is 1. The predicted octanol–water partition coefficient (Wildman–Crippen LogP) is 2.63. The molecule has 5 heteroatoms. The van der Waals surface area contributed by atoms with E-state index in [1.807, 2.05) is 0 Å². The van der Waals surface area contributed by atoms with E-state index in [1.165, 1.54) is 0 Å². The van der Waals surface area contributed by atoms with Gasteiger partial charge in [-0.15, -0.1) is 0 Å². The minimum Gasteiger partial charge on any atom is -0.319 e. The van der Waals surface area contributed by atoms with E-state index in [1.54, 1.807) is 7.05 Å². The van der Waals surface area contributed by atoms with Crippen molar-refractivity contribution in [2.75, 3.05) is 13.6 Å². The fourth-order valence-electron chi connectivity index (χ4n) is 1.06. The molecule has 0 aliphatic carbocycles. The van der Waals surface area contributed by atoms with Crippen molar-refractivity contribution in [3.05, 3.63) is 33.6 Å². The Kier molecular flexibility index (Phi) is 3.95. The van der Waals surface area contributed by atoms with Crippen LogP contribution in [-0.4, -0.2) is 13.6 Å². The Morgan fingerprint density at radius 1 is 1.29 bits per heavy atom. The maximum absolute atomic E-state index is 13.2. The summed E-state index contributed by atoms with van der Waals surface area (Å²) < 4.78 is 38.7. The number of benzene rings is 1. The molecule has 0 heterocycles. The molecule has 78 valence electrons.